The molecule has 2 aromatic rings. The van der Waals surface area contributed by atoms with Crippen molar-refractivity contribution in [2.75, 3.05) is 6.54 Å². The molecular weight excluding hydrogens is 332 g/mol. The third-order valence-corrected chi connectivity index (χ3v) is 5.20. The van der Waals surface area contributed by atoms with Crippen LogP contribution in [-0.2, 0) is 6.54 Å². The Kier molecular flexibility index (Phi) is 4.56. The molecule has 0 bridgehead atoms. The Morgan fingerprint density at radius 3 is 2.55 bits per heavy atom. The van der Waals surface area contributed by atoms with Crippen molar-refractivity contribution in [2.24, 2.45) is 5.73 Å². The van der Waals surface area contributed by atoms with E-state index in [2.05, 4.69) is 62.6 Å². The normalized spacial score (nSPS) is 16.6. The summed E-state index contributed by atoms with van der Waals surface area (Å²) in [6.07, 6.45) is 2.61. The number of hydrogen-bond acceptors (Lipinski definition) is 3. The van der Waals surface area contributed by atoms with Gasteiger partial charge in [-0.15, -0.1) is 11.3 Å². The molecule has 1 fully saturated rings. The van der Waals surface area contributed by atoms with Crippen molar-refractivity contribution in [3.63, 3.8) is 0 Å². The molecule has 2 N–H and O–H groups in total. The fraction of sp³-hybridized carbons (Fsp3) is 0.375. The van der Waals surface area contributed by atoms with Crippen molar-refractivity contribution in [2.45, 2.75) is 31.5 Å². The number of rotatable bonds is 6. The second-order valence-electron chi connectivity index (χ2n) is 5.29. The third-order valence-electron chi connectivity index (χ3n) is 3.81. The maximum atomic E-state index is 6.09. The Bertz CT molecular complexity index is 534. The summed E-state index contributed by atoms with van der Waals surface area (Å²) >= 11 is 5.33. The summed E-state index contributed by atoms with van der Waals surface area (Å²) in [6, 6.07) is 13.9. The van der Waals surface area contributed by atoms with Gasteiger partial charge in [0.05, 0.1) is 0 Å². The van der Waals surface area contributed by atoms with Crippen LogP contribution in [0, 0.1) is 0 Å². The molecule has 1 atom stereocenters. The van der Waals surface area contributed by atoms with E-state index >= 15 is 0 Å². The second kappa shape index (κ2) is 6.39. The lowest BCUT2D eigenvalue weighted by atomic mass is 10.0. The van der Waals surface area contributed by atoms with Crippen LogP contribution in [0.2, 0.25) is 0 Å². The predicted octanol–water partition coefficient (Wildman–Crippen LogP) is 4.18. The highest BCUT2D eigenvalue weighted by atomic mass is 79.9. The largest absolute Gasteiger partial charge is 0.329 e. The van der Waals surface area contributed by atoms with Crippen molar-refractivity contribution in [1.29, 1.82) is 0 Å². The lowest BCUT2D eigenvalue weighted by molar-refractivity contribution is 0.183. The van der Waals surface area contributed by atoms with E-state index in [0.29, 0.717) is 18.6 Å². The number of thiophene rings is 1. The van der Waals surface area contributed by atoms with E-state index in [9.17, 15) is 0 Å². The summed E-state index contributed by atoms with van der Waals surface area (Å²) in [6.45, 7) is 1.68. The molecule has 0 amide bonds. The first-order valence-electron chi connectivity index (χ1n) is 7.01. The first kappa shape index (κ1) is 14.3. The molecule has 3 rings (SSSR count). The van der Waals surface area contributed by atoms with Gasteiger partial charge in [-0.05, 0) is 42.0 Å². The Labute approximate surface area is 132 Å². The van der Waals surface area contributed by atoms with Crippen molar-refractivity contribution >= 4 is 27.3 Å². The zero-order valence-electron chi connectivity index (χ0n) is 11.3. The Hall–Kier alpha value is -0.680. The SMILES string of the molecule is NCC(c1ccc(Br)cc1)N(Cc1cccs1)C1CC1. The fourth-order valence-electron chi connectivity index (χ4n) is 2.63. The number of hydrogen-bond donors (Lipinski definition) is 1. The number of nitrogens with zero attached hydrogens (tertiary/aromatic N) is 1. The lowest BCUT2D eigenvalue weighted by Crippen LogP contribution is -2.34. The van der Waals surface area contributed by atoms with E-state index in [1.54, 1.807) is 0 Å². The third kappa shape index (κ3) is 3.31. The molecule has 106 valence electrons. The molecule has 1 heterocycles. The maximum absolute atomic E-state index is 6.09. The molecule has 0 aliphatic heterocycles. The van der Waals surface area contributed by atoms with Crippen LogP contribution < -0.4 is 5.73 Å². The quantitative estimate of drug-likeness (QED) is 0.846. The van der Waals surface area contributed by atoms with Gasteiger partial charge in [-0.1, -0.05) is 34.1 Å². The maximum Gasteiger partial charge on any atom is 0.0477 e. The van der Waals surface area contributed by atoms with Crippen LogP contribution in [0.3, 0.4) is 0 Å². The minimum Gasteiger partial charge on any atom is -0.329 e. The summed E-state index contributed by atoms with van der Waals surface area (Å²) in [5.41, 5.74) is 7.41. The highest BCUT2D eigenvalue weighted by molar-refractivity contribution is 9.10. The molecule has 1 aliphatic carbocycles. The van der Waals surface area contributed by atoms with Gasteiger partial charge in [0, 0.05) is 34.5 Å². The Balaban J connectivity index is 1.82. The Morgan fingerprint density at radius 2 is 2.00 bits per heavy atom. The van der Waals surface area contributed by atoms with E-state index in [1.165, 1.54) is 23.3 Å². The molecule has 1 aliphatic rings. The molecule has 1 aromatic carbocycles. The van der Waals surface area contributed by atoms with Gasteiger partial charge in [0.15, 0.2) is 0 Å². The molecule has 0 radical (unpaired) electrons. The summed E-state index contributed by atoms with van der Waals surface area (Å²) in [5.74, 6) is 0. The number of nitrogens with two attached hydrogens (primary N) is 1. The monoisotopic (exact) mass is 350 g/mol. The lowest BCUT2D eigenvalue weighted by Gasteiger charge is -2.31. The summed E-state index contributed by atoms with van der Waals surface area (Å²) in [5, 5.41) is 2.15. The van der Waals surface area contributed by atoms with Crippen LogP contribution >= 0.6 is 27.3 Å². The summed E-state index contributed by atoms with van der Waals surface area (Å²) < 4.78 is 1.12. The van der Waals surface area contributed by atoms with E-state index in [-0.39, 0.29) is 0 Å². The van der Waals surface area contributed by atoms with Gasteiger partial charge in [-0.2, -0.15) is 0 Å². The average Bonchev–Trinajstić information content (AvgIpc) is 3.18. The van der Waals surface area contributed by atoms with Crippen molar-refractivity contribution < 1.29 is 0 Å². The van der Waals surface area contributed by atoms with Gasteiger partial charge in [0.25, 0.3) is 0 Å². The molecule has 0 spiro atoms. The van der Waals surface area contributed by atoms with Crippen molar-refractivity contribution in [1.82, 2.24) is 4.90 Å². The molecule has 0 saturated heterocycles. The van der Waals surface area contributed by atoms with Gasteiger partial charge in [-0.25, -0.2) is 0 Å². The van der Waals surface area contributed by atoms with E-state index in [1.807, 2.05) is 11.3 Å². The standard InChI is InChI=1S/C16H19BrN2S/c17-13-5-3-12(4-6-13)16(10-18)19(14-7-8-14)11-15-2-1-9-20-15/h1-6,9,14,16H,7-8,10-11,18H2. The molecule has 4 heteroatoms. The van der Waals surface area contributed by atoms with Gasteiger partial charge >= 0.3 is 0 Å². The van der Waals surface area contributed by atoms with E-state index in [4.69, 9.17) is 5.73 Å². The minimum absolute atomic E-state index is 0.317. The zero-order valence-corrected chi connectivity index (χ0v) is 13.7. The average molecular weight is 351 g/mol. The van der Waals surface area contributed by atoms with Crippen LogP contribution in [0.15, 0.2) is 46.3 Å². The highest BCUT2D eigenvalue weighted by Gasteiger charge is 2.34. The van der Waals surface area contributed by atoms with Crippen LogP contribution in [-0.4, -0.2) is 17.5 Å². The van der Waals surface area contributed by atoms with Crippen LogP contribution in [0.5, 0.6) is 0 Å². The molecule has 2 nitrogen and oxygen atoms in total. The van der Waals surface area contributed by atoms with Gasteiger partial charge in [0.2, 0.25) is 0 Å². The van der Waals surface area contributed by atoms with Crippen LogP contribution in [0.1, 0.15) is 29.3 Å². The van der Waals surface area contributed by atoms with Gasteiger partial charge in [-0.3, -0.25) is 4.90 Å². The first-order chi connectivity index (χ1) is 9.78. The summed E-state index contributed by atoms with van der Waals surface area (Å²) in [4.78, 5) is 4.00. The molecule has 1 saturated carbocycles. The number of benzene rings is 1. The first-order valence-corrected chi connectivity index (χ1v) is 8.69. The Morgan fingerprint density at radius 1 is 1.25 bits per heavy atom. The molecule has 1 unspecified atom stereocenters. The van der Waals surface area contributed by atoms with Crippen molar-refractivity contribution in [3.05, 3.63) is 56.7 Å². The molecular formula is C16H19BrN2S. The summed E-state index contributed by atoms with van der Waals surface area (Å²) in [7, 11) is 0. The minimum atomic E-state index is 0.317. The second-order valence-corrected chi connectivity index (χ2v) is 7.23. The number of halogens is 1. The van der Waals surface area contributed by atoms with Crippen LogP contribution in [0.4, 0.5) is 0 Å². The molecule has 20 heavy (non-hydrogen) atoms. The van der Waals surface area contributed by atoms with Gasteiger partial charge in [0.1, 0.15) is 0 Å². The van der Waals surface area contributed by atoms with Crippen LogP contribution in [0.25, 0.3) is 0 Å². The smallest absolute Gasteiger partial charge is 0.0477 e. The zero-order chi connectivity index (χ0) is 13.9. The topological polar surface area (TPSA) is 29.3 Å². The van der Waals surface area contributed by atoms with E-state index < -0.39 is 0 Å². The highest BCUT2D eigenvalue weighted by Crippen LogP contribution is 2.36. The fourth-order valence-corrected chi connectivity index (χ4v) is 3.61. The van der Waals surface area contributed by atoms with E-state index in [0.717, 1.165) is 11.0 Å². The van der Waals surface area contributed by atoms with Gasteiger partial charge < -0.3 is 5.73 Å². The predicted molar refractivity (Wildman–Crippen MR) is 88.8 cm³/mol. The van der Waals surface area contributed by atoms with Crippen molar-refractivity contribution in [3.8, 4) is 0 Å². The molecule has 1 aromatic heterocycles.